The Morgan fingerprint density at radius 2 is 2.27 bits per heavy atom. The van der Waals surface area contributed by atoms with Gasteiger partial charge in [-0.2, -0.15) is 10.1 Å². The predicted molar refractivity (Wildman–Crippen MR) is 84.7 cm³/mol. The highest BCUT2D eigenvalue weighted by molar-refractivity contribution is 7.12. The molecule has 0 unspecified atom stereocenters. The lowest BCUT2D eigenvalue weighted by Crippen LogP contribution is -2.27. The van der Waals surface area contributed by atoms with E-state index in [1.807, 2.05) is 5.38 Å². The van der Waals surface area contributed by atoms with Crippen molar-refractivity contribution in [2.24, 2.45) is 7.05 Å². The van der Waals surface area contributed by atoms with Gasteiger partial charge in [0.25, 0.3) is 5.91 Å². The molecule has 1 aliphatic rings. The average Bonchev–Trinajstić information content (AvgIpc) is 3.15. The molecule has 22 heavy (non-hydrogen) atoms. The summed E-state index contributed by atoms with van der Waals surface area (Å²) in [4.78, 5) is 17.4. The molecule has 1 amide bonds. The Bertz CT molecular complexity index is 660. The zero-order valence-corrected chi connectivity index (χ0v) is 13.4. The average molecular weight is 321 g/mol. The van der Waals surface area contributed by atoms with E-state index in [2.05, 4.69) is 20.7 Å². The van der Waals surface area contributed by atoms with Gasteiger partial charge in [0, 0.05) is 13.0 Å². The predicted octanol–water partition coefficient (Wildman–Crippen LogP) is 1.60. The number of carbonyl (C=O) groups excluding carboxylic acids is 1. The minimum absolute atomic E-state index is 0.223. The Morgan fingerprint density at radius 3 is 3.00 bits per heavy atom. The van der Waals surface area contributed by atoms with Crippen molar-refractivity contribution >= 4 is 23.2 Å². The maximum absolute atomic E-state index is 12.3. The molecule has 0 bridgehead atoms. The normalized spacial score (nSPS) is 15.7. The van der Waals surface area contributed by atoms with Gasteiger partial charge in [0.1, 0.15) is 10.6 Å². The van der Waals surface area contributed by atoms with Crippen LogP contribution < -0.4 is 15.4 Å². The molecule has 1 saturated heterocycles. The Balaban J connectivity index is 1.75. The summed E-state index contributed by atoms with van der Waals surface area (Å²) >= 11 is 1.34. The van der Waals surface area contributed by atoms with Crippen LogP contribution in [0.5, 0.6) is 5.75 Å². The number of nitrogens with zero attached hydrogens (tertiary/aromatic N) is 3. The number of carbonyl (C=O) groups is 1. The Labute approximate surface area is 132 Å². The molecule has 3 heterocycles. The lowest BCUT2D eigenvalue weighted by Gasteiger charge is -2.19. The number of rotatable bonds is 4. The SMILES string of the molecule is COc1ccsc1C(=O)Nc1nc(C2CCNCC2)nn1C. The molecule has 0 aliphatic carbocycles. The van der Waals surface area contributed by atoms with Crippen molar-refractivity contribution in [3.05, 3.63) is 22.1 Å². The second-order valence-corrected chi connectivity index (χ2v) is 6.13. The maximum atomic E-state index is 12.3. The van der Waals surface area contributed by atoms with E-state index in [1.54, 1.807) is 24.9 Å². The maximum Gasteiger partial charge on any atom is 0.271 e. The topological polar surface area (TPSA) is 81.1 Å². The summed E-state index contributed by atoms with van der Waals surface area (Å²) in [5.74, 6) is 1.98. The van der Waals surface area contributed by atoms with Crippen LogP contribution in [0.15, 0.2) is 11.4 Å². The van der Waals surface area contributed by atoms with Gasteiger partial charge in [0.2, 0.25) is 5.95 Å². The van der Waals surface area contributed by atoms with Crippen molar-refractivity contribution < 1.29 is 9.53 Å². The number of thiophene rings is 1. The molecule has 1 fully saturated rings. The third kappa shape index (κ3) is 2.97. The molecular formula is C14H19N5O2S. The summed E-state index contributed by atoms with van der Waals surface area (Å²) in [5, 5.41) is 12.4. The van der Waals surface area contributed by atoms with Gasteiger partial charge in [0.15, 0.2) is 5.82 Å². The van der Waals surface area contributed by atoms with Gasteiger partial charge in [-0.15, -0.1) is 11.3 Å². The van der Waals surface area contributed by atoms with Crippen LogP contribution in [0.3, 0.4) is 0 Å². The first-order chi connectivity index (χ1) is 10.7. The first-order valence-electron chi connectivity index (χ1n) is 7.23. The highest BCUT2D eigenvalue weighted by Crippen LogP contribution is 2.26. The molecule has 0 aromatic carbocycles. The number of methoxy groups -OCH3 is 1. The van der Waals surface area contributed by atoms with E-state index in [4.69, 9.17) is 4.74 Å². The van der Waals surface area contributed by atoms with Gasteiger partial charge in [0.05, 0.1) is 7.11 Å². The summed E-state index contributed by atoms with van der Waals surface area (Å²) in [6, 6.07) is 1.77. The fraction of sp³-hybridized carbons (Fsp3) is 0.500. The smallest absolute Gasteiger partial charge is 0.271 e. The third-order valence-corrected chi connectivity index (χ3v) is 4.66. The molecule has 0 atom stereocenters. The second-order valence-electron chi connectivity index (χ2n) is 5.21. The lowest BCUT2D eigenvalue weighted by atomic mass is 9.98. The minimum Gasteiger partial charge on any atom is -0.495 e. The quantitative estimate of drug-likeness (QED) is 0.894. The van der Waals surface area contributed by atoms with Crippen LogP contribution in [0, 0.1) is 0 Å². The van der Waals surface area contributed by atoms with E-state index in [1.165, 1.54) is 11.3 Å². The molecule has 2 aromatic rings. The number of hydrogen-bond acceptors (Lipinski definition) is 6. The van der Waals surface area contributed by atoms with Gasteiger partial charge in [-0.25, -0.2) is 4.68 Å². The van der Waals surface area contributed by atoms with E-state index < -0.39 is 0 Å². The summed E-state index contributed by atoms with van der Waals surface area (Å²) in [6.07, 6.45) is 2.05. The highest BCUT2D eigenvalue weighted by atomic mass is 32.1. The van der Waals surface area contributed by atoms with Crippen molar-refractivity contribution in [1.29, 1.82) is 0 Å². The van der Waals surface area contributed by atoms with Gasteiger partial charge < -0.3 is 10.1 Å². The van der Waals surface area contributed by atoms with Crippen LogP contribution in [-0.2, 0) is 7.05 Å². The molecule has 118 valence electrons. The summed E-state index contributed by atoms with van der Waals surface area (Å²) < 4.78 is 6.79. The van der Waals surface area contributed by atoms with Gasteiger partial charge in [-0.05, 0) is 37.4 Å². The van der Waals surface area contributed by atoms with Crippen LogP contribution in [0.4, 0.5) is 5.95 Å². The molecule has 0 saturated carbocycles. The second kappa shape index (κ2) is 6.45. The van der Waals surface area contributed by atoms with E-state index in [0.717, 1.165) is 31.8 Å². The van der Waals surface area contributed by atoms with Gasteiger partial charge in [-0.3, -0.25) is 10.1 Å². The number of aromatic nitrogens is 3. The van der Waals surface area contributed by atoms with Gasteiger partial charge >= 0.3 is 0 Å². The molecule has 0 spiro atoms. The van der Waals surface area contributed by atoms with E-state index in [-0.39, 0.29) is 5.91 Å². The summed E-state index contributed by atoms with van der Waals surface area (Å²) in [7, 11) is 3.34. The number of nitrogens with one attached hydrogen (secondary N) is 2. The Hall–Kier alpha value is -1.93. The zero-order chi connectivity index (χ0) is 15.5. The first kappa shape index (κ1) is 15.0. The van der Waals surface area contributed by atoms with Crippen molar-refractivity contribution in [3.8, 4) is 5.75 Å². The minimum atomic E-state index is -0.223. The van der Waals surface area contributed by atoms with Crippen LogP contribution in [0.1, 0.15) is 34.3 Å². The fourth-order valence-corrected chi connectivity index (χ4v) is 3.30. The van der Waals surface area contributed by atoms with E-state index in [9.17, 15) is 4.79 Å². The third-order valence-electron chi connectivity index (χ3n) is 3.76. The zero-order valence-electron chi connectivity index (χ0n) is 12.6. The molecule has 2 aromatic heterocycles. The van der Waals surface area contributed by atoms with Crippen LogP contribution in [0.25, 0.3) is 0 Å². The molecule has 7 nitrogen and oxygen atoms in total. The molecule has 8 heteroatoms. The van der Waals surface area contributed by atoms with Crippen molar-refractivity contribution in [3.63, 3.8) is 0 Å². The van der Waals surface area contributed by atoms with E-state index >= 15 is 0 Å². The number of ether oxygens (including phenoxy) is 1. The van der Waals surface area contributed by atoms with Crippen LogP contribution >= 0.6 is 11.3 Å². The first-order valence-corrected chi connectivity index (χ1v) is 8.11. The molecule has 2 N–H and O–H groups in total. The summed E-state index contributed by atoms with van der Waals surface area (Å²) in [6.45, 7) is 1.97. The number of anilines is 1. The fourth-order valence-electron chi connectivity index (χ4n) is 2.55. The van der Waals surface area contributed by atoms with Crippen LogP contribution in [-0.4, -0.2) is 40.9 Å². The Morgan fingerprint density at radius 1 is 1.50 bits per heavy atom. The molecule has 3 rings (SSSR count). The van der Waals surface area contributed by atoms with Crippen LogP contribution in [0.2, 0.25) is 0 Å². The molecule has 0 radical (unpaired) electrons. The molecule has 1 aliphatic heterocycles. The molecular weight excluding hydrogens is 302 g/mol. The highest BCUT2D eigenvalue weighted by Gasteiger charge is 2.22. The number of aryl methyl sites for hydroxylation is 1. The Kier molecular flexibility index (Phi) is 4.39. The van der Waals surface area contributed by atoms with Crippen molar-refractivity contribution in [2.45, 2.75) is 18.8 Å². The van der Waals surface area contributed by atoms with Crippen molar-refractivity contribution in [2.75, 3.05) is 25.5 Å². The number of hydrogen-bond donors (Lipinski definition) is 2. The number of amides is 1. The summed E-state index contributed by atoms with van der Waals surface area (Å²) in [5.41, 5.74) is 0. The van der Waals surface area contributed by atoms with Crippen molar-refractivity contribution in [1.82, 2.24) is 20.1 Å². The monoisotopic (exact) mass is 321 g/mol. The largest absolute Gasteiger partial charge is 0.495 e. The lowest BCUT2D eigenvalue weighted by molar-refractivity contribution is 0.102. The van der Waals surface area contributed by atoms with E-state index in [0.29, 0.717) is 22.5 Å². The standard InChI is InChI=1S/C14H19N5O2S/c1-19-14(16-12(18-19)9-3-6-15-7-4-9)17-13(20)11-10(21-2)5-8-22-11/h5,8-9,15H,3-4,6-7H2,1-2H3,(H,16,17,18,20). The van der Waals surface area contributed by atoms with Gasteiger partial charge in [-0.1, -0.05) is 0 Å². The number of piperidine rings is 1.